The summed E-state index contributed by atoms with van der Waals surface area (Å²) < 4.78 is 0. The van der Waals surface area contributed by atoms with E-state index in [0.29, 0.717) is 12.0 Å². The van der Waals surface area contributed by atoms with E-state index in [2.05, 4.69) is 54.9 Å². The third-order valence-corrected chi connectivity index (χ3v) is 4.23. The smallest absolute Gasteiger partial charge is 0.187 e. The topological polar surface area (TPSA) is 67.6 Å². The van der Waals surface area contributed by atoms with Gasteiger partial charge in [0, 0.05) is 12.6 Å². The first-order valence-corrected chi connectivity index (χ1v) is 7.95. The zero-order valence-corrected chi connectivity index (χ0v) is 13.4. The lowest BCUT2D eigenvalue weighted by atomic mass is 9.97. The van der Waals surface area contributed by atoms with Crippen LogP contribution in [0.2, 0.25) is 0 Å². The van der Waals surface area contributed by atoms with Crippen LogP contribution in [0.5, 0.6) is 0 Å². The van der Waals surface area contributed by atoms with E-state index in [1.807, 2.05) is 0 Å². The van der Waals surface area contributed by atoms with Gasteiger partial charge in [0.25, 0.3) is 0 Å². The predicted octanol–water partition coefficient (Wildman–Crippen LogP) is 2.99. The number of hydrogen-bond acceptors (Lipinski definition) is 2. The molecule has 2 atom stereocenters. The molecule has 4 heteroatoms. The number of guanidine groups is 1. The average Bonchev–Trinajstić information content (AvgIpc) is 2.80. The van der Waals surface area contributed by atoms with Crippen molar-refractivity contribution in [3.63, 3.8) is 0 Å². The van der Waals surface area contributed by atoms with Crippen LogP contribution in [-0.2, 0) is 6.54 Å². The molecule has 2 rings (SSSR count). The first kappa shape index (κ1) is 15.8. The number of aliphatic imine (C=N–C) groups is 1. The summed E-state index contributed by atoms with van der Waals surface area (Å²) in [6.45, 7) is 7.63. The van der Waals surface area contributed by atoms with E-state index in [1.165, 1.54) is 17.5 Å². The van der Waals surface area contributed by atoms with Gasteiger partial charge in [-0.25, -0.2) is 4.99 Å². The molecule has 0 aliphatic carbocycles. The maximum absolute atomic E-state index is 5.61. The Morgan fingerprint density at radius 2 is 2.05 bits per heavy atom. The Bertz CT molecular complexity index is 491. The van der Waals surface area contributed by atoms with E-state index < -0.39 is 0 Å². The van der Waals surface area contributed by atoms with Gasteiger partial charge in [0.05, 0.1) is 0 Å². The monoisotopic (exact) mass is 288 g/mol. The molecule has 21 heavy (non-hydrogen) atoms. The maximum atomic E-state index is 5.61. The van der Waals surface area contributed by atoms with E-state index in [4.69, 9.17) is 11.5 Å². The van der Waals surface area contributed by atoms with Crippen LogP contribution in [0.4, 0.5) is 0 Å². The molecule has 0 amide bonds. The second-order valence-corrected chi connectivity index (χ2v) is 6.30. The number of hydrogen-bond donors (Lipinski definition) is 2. The molecule has 0 aromatic heterocycles. The van der Waals surface area contributed by atoms with Gasteiger partial charge in [0.15, 0.2) is 5.96 Å². The molecule has 4 N–H and O–H groups in total. The highest BCUT2D eigenvalue weighted by molar-refractivity contribution is 5.75. The van der Waals surface area contributed by atoms with Gasteiger partial charge in [0.2, 0.25) is 0 Å². The summed E-state index contributed by atoms with van der Waals surface area (Å²) in [7, 11) is 0. The Morgan fingerprint density at radius 1 is 1.33 bits per heavy atom. The Kier molecular flexibility index (Phi) is 5.23. The summed E-state index contributed by atoms with van der Waals surface area (Å²) in [5, 5.41) is 0. The fourth-order valence-electron chi connectivity index (χ4n) is 3.19. The molecule has 0 saturated heterocycles. The van der Waals surface area contributed by atoms with Crippen molar-refractivity contribution in [1.82, 2.24) is 4.90 Å². The molecule has 2 unspecified atom stereocenters. The maximum Gasteiger partial charge on any atom is 0.187 e. The first-order chi connectivity index (χ1) is 10.0. The predicted molar refractivity (Wildman–Crippen MR) is 88.7 cm³/mol. The fourth-order valence-corrected chi connectivity index (χ4v) is 3.19. The van der Waals surface area contributed by atoms with Crippen LogP contribution in [0.3, 0.4) is 0 Å². The van der Waals surface area contributed by atoms with Crippen molar-refractivity contribution in [3.05, 3.63) is 35.4 Å². The number of rotatable bonds is 6. The van der Waals surface area contributed by atoms with Crippen LogP contribution in [0.15, 0.2) is 29.3 Å². The van der Waals surface area contributed by atoms with E-state index in [1.54, 1.807) is 0 Å². The summed E-state index contributed by atoms with van der Waals surface area (Å²) in [5.74, 6) is 0.892. The van der Waals surface area contributed by atoms with Crippen LogP contribution in [-0.4, -0.2) is 17.0 Å². The third kappa shape index (κ3) is 3.76. The van der Waals surface area contributed by atoms with E-state index in [-0.39, 0.29) is 12.1 Å². The highest BCUT2D eigenvalue weighted by atomic mass is 15.3. The lowest BCUT2D eigenvalue weighted by Crippen LogP contribution is -2.36. The zero-order valence-electron chi connectivity index (χ0n) is 13.4. The van der Waals surface area contributed by atoms with Crippen molar-refractivity contribution >= 4 is 5.96 Å². The summed E-state index contributed by atoms with van der Waals surface area (Å²) in [6.07, 6.45) is 3.36. The van der Waals surface area contributed by atoms with Crippen LogP contribution < -0.4 is 11.5 Å². The van der Waals surface area contributed by atoms with Crippen molar-refractivity contribution < 1.29 is 0 Å². The second kappa shape index (κ2) is 6.94. The molecule has 1 heterocycles. The minimum Gasteiger partial charge on any atom is -0.370 e. The number of fused-ring (bicyclic) bond motifs is 1. The molecule has 0 saturated carbocycles. The van der Waals surface area contributed by atoms with Crippen LogP contribution in [0.25, 0.3) is 0 Å². The summed E-state index contributed by atoms with van der Waals surface area (Å²) in [4.78, 5) is 6.89. The van der Waals surface area contributed by atoms with Gasteiger partial charge in [-0.05, 0) is 36.3 Å². The van der Waals surface area contributed by atoms with Gasteiger partial charge in [-0.3, -0.25) is 4.90 Å². The number of benzene rings is 1. The molecule has 1 aromatic carbocycles. The standard InChI is InChI=1S/C17H28N4/c1-4-16(20-17(18)19)21-11-13-7-5-6-8-14(13)15(21)10-9-12(2)3/h5-8,12,15-16H,4,9-11H2,1-3H3,(H4,18,19,20). The lowest BCUT2D eigenvalue weighted by Gasteiger charge is -2.31. The number of nitrogens with zero attached hydrogens (tertiary/aromatic N) is 2. The van der Waals surface area contributed by atoms with Gasteiger partial charge >= 0.3 is 0 Å². The second-order valence-electron chi connectivity index (χ2n) is 6.30. The van der Waals surface area contributed by atoms with Crippen molar-refractivity contribution in [3.8, 4) is 0 Å². The van der Waals surface area contributed by atoms with Gasteiger partial charge in [0.1, 0.15) is 6.17 Å². The van der Waals surface area contributed by atoms with Gasteiger partial charge < -0.3 is 11.5 Å². The Morgan fingerprint density at radius 3 is 2.67 bits per heavy atom. The van der Waals surface area contributed by atoms with Crippen molar-refractivity contribution in [2.24, 2.45) is 22.4 Å². The highest BCUT2D eigenvalue weighted by Crippen LogP contribution is 2.39. The molecule has 1 aromatic rings. The molecule has 116 valence electrons. The Balaban J connectivity index is 2.25. The first-order valence-electron chi connectivity index (χ1n) is 7.95. The summed E-state index contributed by atoms with van der Waals surface area (Å²) in [5.41, 5.74) is 14.1. The lowest BCUT2D eigenvalue weighted by molar-refractivity contribution is 0.135. The molecule has 0 bridgehead atoms. The normalized spacial score (nSPS) is 19.5. The van der Waals surface area contributed by atoms with Crippen molar-refractivity contribution in [2.75, 3.05) is 0 Å². The fraction of sp³-hybridized carbons (Fsp3) is 0.588. The molecular formula is C17H28N4. The quantitative estimate of drug-likeness (QED) is 0.624. The van der Waals surface area contributed by atoms with Crippen LogP contribution in [0, 0.1) is 5.92 Å². The Hall–Kier alpha value is -1.55. The van der Waals surface area contributed by atoms with E-state index in [0.717, 1.165) is 19.4 Å². The largest absolute Gasteiger partial charge is 0.370 e. The van der Waals surface area contributed by atoms with Crippen molar-refractivity contribution in [2.45, 2.75) is 58.8 Å². The molecule has 0 spiro atoms. The molecule has 1 aliphatic rings. The SMILES string of the molecule is CCC(N=C(N)N)N1Cc2ccccc2C1CCC(C)C. The minimum absolute atomic E-state index is 0.0690. The third-order valence-electron chi connectivity index (χ3n) is 4.23. The minimum atomic E-state index is 0.0690. The highest BCUT2D eigenvalue weighted by Gasteiger charge is 2.33. The van der Waals surface area contributed by atoms with Gasteiger partial charge in [-0.15, -0.1) is 0 Å². The van der Waals surface area contributed by atoms with Crippen LogP contribution >= 0.6 is 0 Å². The number of nitrogens with two attached hydrogens (primary N) is 2. The van der Waals surface area contributed by atoms with E-state index in [9.17, 15) is 0 Å². The van der Waals surface area contributed by atoms with Gasteiger partial charge in [-0.2, -0.15) is 0 Å². The summed E-state index contributed by atoms with van der Waals surface area (Å²) >= 11 is 0. The van der Waals surface area contributed by atoms with Crippen molar-refractivity contribution in [1.29, 1.82) is 0 Å². The molecule has 1 aliphatic heterocycles. The molecule has 4 nitrogen and oxygen atoms in total. The Labute approximate surface area is 128 Å². The summed E-state index contributed by atoms with van der Waals surface area (Å²) in [6, 6.07) is 9.15. The molecule has 0 fully saturated rings. The van der Waals surface area contributed by atoms with Gasteiger partial charge in [-0.1, -0.05) is 45.0 Å². The van der Waals surface area contributed by atoms with E-state index >= 15 is 0 Å². The molecule has 0 radical (unpaired) electrons. The molecular weight excluding hydrogens is 260 g/mol. The van der Waals surface area contributed by atoms with Crippen LogP contribution in [0.1, 0.15) is 57.2 Å². The zero-order chi connectivity index (χ0) is 15.4. The average molecular weight is 288 g/mol.